The molecule has 0 aliphatic carbocycles. The average molecular weight is 380 g/mol. The van der Waals surface area contributed by atoms with Crippen molar-refractivity contribution in [3.05, 3.63) is 53.0 Å². The highest BCUT2D eigenvalue weighted by molar-refractivity contribution is 7.19. The Morgan fingerprint density at radius 1 is 1.11 bits per heavy atom. The topological polar surface area (TPSA) is 71.5 Å². The number of para-hydroxylation sites is 1. The lowest BCUT2D eigenvalue weighted by Crippen LogP contribution is -2.21. The molecule has 27 heavy (non-hydrogen) atoms. The van der Waals surface area contributed by atoms with Gasteiger partial charge in [-0.1, -0.05) is 18.2 Å². The van der Waals surface area contributed by atoms with Crippen LogP contribution in [0.5, 0.6) is 11.5 Å². The summed E-state index contributed by atoms with van der Waals surface area (Å²) in [5.41, 5.74) is 2.93. The van der Waals surface area contributed by atoms with Crippen molar-refractivity contribution in [2.24, 2.45) is 0 Å². The monoisotopic (exact) mass is 380 g/mol. The Labute approximate surface area is 160 Å². The third-order valence-electron chi connectivity index (χ3n) is 4.30. The highest BCUT2D eigenvalue weighted by Crippen LogP contribution is 2.34. The first-order chi connectivity index (χ1) is 13.2. The number of benzene rings is 2. The minimum atomic E-state index is -1.03. The van der Waals surface area contributed by atoms with Gasteiger partial charge in [-0.25, -0.2) is 4.98 Å². The number of hydrogen-bond donors (Lipinski definition) is 0. The molecule has 0 amide bonds. The van der Waals surface area contributed by atoms with Gasteiger partial charge in [0.2, 0.25) is 0 Å². The smallest absolute Gasteiger partial charge is 0.161 e. The molecule has 0 spiro atoms. The summed E-state index contributed by atoms with van der Waals surface area (Å²) in [7, 11) is 0. The number of carbonyl (C=O) groups excluding carboxylic acids is 1. The normalized spacial score (nSPS) is 13.7. The van der Waals surface area contributed by atoms with Gasteiger partial charge >= 0.3 is 0 Å². The van der Waals surface area contributed by atoms with E-state index in [1.807, 2.05) is 48.5 Å². The van der Waals surface area contributed by atoms with E-state index in [2.05, 4.69) is 0 Å². The van der Waals surface area contributed by atoms with Gasteiger partial charge in [-0.2, -0.15) is 0 Å². The lowest BCUT2D eigenvalue weighted by Gasteiger charge is -2.18. The minimum Gasteiger partial charge on any atom is -0.550 e. The fourth-order valence-electron chi connectivity index (χ4n) is 3.02. The summed E-state index contributed by atoms with van der Waals surface area (Å²) >= 11 is 1.61. The fraction of sp³-hybridized carbons (Fsp3) is 0.238. The van der Waals surface area contributed by atoms with Crippen LogP contribution in [0.3, 0.4) is 0 Å². The van der Waals surface area contributed by atoms with Crippen LogP contribution in [0, 0.1) is 0 Å². The number of thiazole rings is 1. The SMILES string of the molecule is O=C([O-])CCC/C(=C\c1ccc2c(c1)OCCO2)c1nc2ccccc2s1. The second kappa shape index (κ2) is 7.80. The summed E-state index contributed by atoms with van der Waals surface area (Å²) in [6.07, 6.45) is 3.20. The van der Waals surface area contributed by atoms with Gasteiger partial charge in [-0.15, -0.1) is 11.3 Å². The number of hydrogen-bond acceptors (Lipinski definition) is 6. The quantitative estimate of drug-likeness (QED) is 0.654. The maximum Gasteiger partial charge on any atom is 0.161 e. The summed E-state index contributed by atoms with van der Waals surface area (Å²) in [6.45, 7) is 1.10. The van der Waals surface area contributed by atoms with E-state index in [1.54, 1.807) is 11.3 Å². The first kappa shape index (κ1) is 17.5. The molecule has 1 aliphatic rings. The predicted molar refractivity (Wildman–Crippen MR) is 104 cm³/mol. The van der Waals surface area contributed by atoms with Crippen molar-refractivity contribution >= 4 is 39.2 Å². The molecule has 0 N–H and O–H groups in total. The second-order valence-corrected chi connectivity index (χ2v) is 7.32. The van der Waals surface area contributed by atoms with Gasteiger partial charge in [-0.3, -0.25) is 0 Å². The number of carboxylic acids is 1. The molecule has 3 aromatic rings. The molecule has 6 heteroatoms. The van der Waals surface area contributed by atoms with Crippen molar-refractivity contribution in [2.75, 3.05) is 13.2 Å². The summed E-state index contributed by atoms with van der Waals surface area (Å²) in [6, 6.07) is 13.8. The summed E-state index contributed by atoms with van der Waals surface area (Å²) in [5, 5.41) is 11.7. The molecule has 0 radical (unpaired) electrons. The van der Waals surface area contributed by atoms with E-state index in [-0.39, 0.29) is 6.42 Å². The first-order valence-corrected chi connectivity index (χ1v) is 9.67. The zero-order chi connectivity index (χ0) is 18.6. The van der Waals surface area contributed by atoms with Gasteiger partial charge in [-0.05, 0) is 60.7 Å². The molecule has 138 valence electrons. The number of carboxylic acid groups (broad SMARTS) is 1. The average Bonchev–Trinajstić information content (AvgIpc) is 3.11. The highest BCUT2D eigenvalue weighted by Gasteiger charge is 2.13. The van der Waals surface area contributed by atoms with Crippen molar-refractivity contribution in [3.63, 3.8) is 0 Å². The zero-order valence-electron chi connectivity index (χ0n) is 14.6. The molecule has 0 fully saturated rings. The highest BCUT2D eigenvalue weighted by atomic mass is 32.1. The number of aromatic nitrogens is 1. The predicted octanol–water partition coefficient (Wildman–Crippen LogP) is 3.53. The lowest BCUT2D eigenvalue weighted by molar-refractivity contribution is -0.305. The van der Waals surface area contributed by atoms with E-state index in [4.69, 9.17) is 14.5 Å². The Hall–Kier alpha value is -2.86. The van der Waals surface area contributed by atoms with E-state index in [9.17, 15) is 9.90 Å². The van der Waals surface area contributed by atoms with Gasteiger partial charge in [0, 0.05) is 5.97 Å². The largest absolute Gasteiger partial charge is 0.550 e. The molecule has 0 atom stereocenters. The van der Waals surface area contributed by atoms with Gasteiger partial charge in [0.25, 0.3) is 0 Å². The molecular weight excluding hydrogens is 362 g/mol. The number of rotatable bonds is 6. The van der Waals surface area contributed by atoms with Crippen LogP contribution in [0.4, 0.5) is 0 Å². The number of fused-ring (bicyclic) bond motifs is 2. The van der Waals surface area contributed by atoms with Crippen molar-refractivity contribution in [1.29, 1.82) is 0 Å². The van der Waals surface area contributed by atoms with Crippen LogP contribution < -0.4 is 14.6 Å². The molecule has 1 aromatic heterocycles. The number of allylic oxidation sites excluding steroid dienone is 1. The van der Waals surface area contributed by atoms with Crippen LogP contribution in [-0.2, 0) is 4.79 Å². The Kier molecular flexibility index (Phi) is 5.07. The molecule has 1 aliphatic heterocycles. The van der Waals surface area contributed by atoms with E-state index >= 15 is 0 Å². The van der Waals surface area contributed by atoms with Gasteiger partial charge < -0.3 is 19.4 Å². The van der Waals surface area contributed by atoms with Crippen LogP contribution >= 0.6 is 11.3 Å². The van der Waals surface area contributed by atoms with Gasteiger partial charge in [0.05, 0.1) is 10.2 Å². The Morgan fingerprint density at radius 2 is 1.93 bits per heavy atom. The Bertz CT molecular complexity index is 975. The van der Waals surface area contributed by atoms with E-state index in [0.717, 1.165) is 37.9 Å². The number of carbonyl (C=O) groups is 1. The number of ether oxygens (including phenoxy) is 2. The summed E-state index contributed by atoms with van der Waals surface area (Å²) in [5.74, 6) is 0.447. The van der Waals surface area contributed by atoms with E-state index < -0.39 is 5.97 Å². The molecule has 5 nitrogen and oxygen atoms in total. The van der Waals surface area contributed by atoms with Crippen molar-refractivity contribution in [1.82, 2.24) is 4.98 Å². The van der Waals surface area contributed by atoms with Crippen LogP contribution in [0.1, 0.15) is 29.8 Å². The molecule has 2 aromatic carbocycles. The maximum atomic E-state index is 10.8. The Morgan fingerprint density at radius 3 is 2.74 bits per heavy atom. The van der Waals surface area contributed by atoms with E-state index in [1.165, 1.54) is 0 Å². The lowest BCUT2D eigenvalue weighted by atomic mass is 10.0. The molecule has 2 heterocycles. The molecule has 0 saturated carbocycles. The summed E-state index contributed by atoms with van der Waals surface area (Å²) in [4.78, 5) is 15.5. The maximum absolute atomic E-state index is 10.8. The van der Waals surface area contributed by atoms with Crippen molar-refractivity contribution < 1.29 is 19.4 Å². The third-order valence-corrected chi connectivity index (χ3v) is 5.41. The minimum absolute atomic E-state index is 0.0311. The van der Waals surface area contributed by atoms with Gasteiger partial charge in [0.1, 0.15) is 18.2 Å². The third kappa shape index (κ3) is 4.11. The van der Waals surface area contributed by atoms with Crippen LogP contribution in [0.2, 0.25) is 0 Å². The van der Waals surface area contributed by atoms with E-state index in [0.29, 0.717) is 26.1 Å². The van der Waals surface area contributed by atoms with Crippen molar-refractivity contribution in [3.8, 4) is 11.5 Å². The van der Waals surface area contributed by atoms with Crippen molar-refractivity contribution in [2.45, 2.75) is 19.3 Å². The second-order valence-electron chi connectivity index (χ2n) is 6.28. The summed E-state index contributed by atoms with van der Waals surface area (Å²) < 4.78 is 12.3. The number of aliphatic carboxylic acids is 1. The fourth-order valence-corrected chi connectivity index (χ4v) is 4.03. The van der Waals surface area contributed by atoms with Crippen LogP contribution in [0.25, 0.3) is 21.9 Å². The molecular formula is C21H18NO4S-. The zero-order valence-corrected chi connectivity index (χ0v) is 15.5. The standard InChI is InChI=1S/C21H19NO4S/c23-20(24)7-3-4-15(21-22-16-5-1-2-6-19(16)27-21)12-14-8-9-17-18(13-14)26-11-10-25-17/h1-2,5-6,8-9,12-13H,3-4,7,10-11H2,(H,23,24)/p-1/b15-12+. The molecule has 0 bridgehead atoms. The molecule has 0 unspecified atom stereocenters. The van der Waals surface area contributed by atoms with Crippen LogP contribution in [-0.4, -0.2) is 24.2 Å². The Balaban J connectivity index is 1.68. The van der Waals surface area contributed by atoms with Gasteiger partial charge in [0.15, 0.2) is 11.5 Å². The molecule has 0 saturated heterocycles. The first-order valence-electron chi connectivity index (χ1n) is 8.85. The molecule has 4 rings (SSSR count). The number of nitrogens with zero attached hydrogens (tertiary/aromatic N) is 1. The van der Waals surface area contributed by atoms with Crippen LogP contribution in [0.15, 0.2) is 42.5 Å².